The predicted molar refractivity (Wildman–Crippen MR) is 75.7 cm³/mol. The number of amides is 1. The summed E-state index contributed by atoms with van der Waals surface area (Å²) in [6.07, 6.45) is 0. The van der Waals surface area contributed by atoms with Crippen molar-refractivity contribution in [3.05, 3.63) is 53.6 Å². The van der Waals surface area contributed by atoms with Gasteiger partial charge in [0.05, 0.1) is 0 Å². The van der Waals surface area contributed by atoms with Crippen molar-refractivity contribution < 1.29 is 4.79 Å². The van der Waals surface area contributed by atoms with E-state index in [9.17, 15) is 4.79 Å². The van der Waals surface area contributed by atoms with Crippen LogP contribution in [0.5, 0.6) is 0 Å². The number of benzene rings is 2. The molecule has 0 aromatic heterocycles. The Balaban J connectivity index is 2.48. The molecule has 0 aliphatic carbocycles. The SMILES string of the molecule is CC(=O)Nc1cccc(-c2c(C)cccc2C)c1. The molecule has 0 aliphatic rings. The molecule has 0 bridgehead atoms. The lowest BCUT2D eigenvalue weighted by molar-refractivity contribution is -0.114. The highest BCUT2D eigenvalue weighted by atomic mass is 16.1. The van der Waals surface area contributed by atoms with E-state index in [4.69, 9.17) is 0 Å². The van der Waals surface area contributed by atoms with Crippen LogP contribution in [0.3, 0.4) is 0 Å². The van der Waals surface area contributed by atoms with Crippen LogP contribution in [-0.4, -0.2) is 5.91 Å². The van der Waals surface area contributed by atoms with Gasteiger partial charge in [0.1, 0.15) is 0 Å². The third-order valence-corrected chi connectivity index (χ3v) is 2.95. The molecule has 1 N–H and O–H groups in total. The van der Waals surface area contributed by atoms with E-state index in [0.29, 0.717) is 0 Å². The quantitative estimate of drug-likeness (QED) is 0.845. The van der Waals surface area contributed by atoms with Gasteiger partial charge in [-0.2, -0.15) is 0 Å². The van der Waals surface area contributed by atoms with Gasteiger partial charge in [-0.3, -0.25) is 4.79 Å². The van der Waals surface area contributed by atoms with E-state index in [2.05, 4.69) is 43.4 Å². The number of carbonyl (C=O) groups excluding carboxylic acids is 1. The highest BCUT2D eigenvalue weighted by molar-refractivity contribution is 5.89. The monoisotopic (exact) mass is 239 g/mol. The maximum Gasteiger partial charge on any atom is 0.221 e. The summed E-state index contributed by atoms with van der Waals surface area (Å²) in [5, 5.41) is 2.81. The first-order valence-corrected chi connectivity index (χ1v) is 6.02. The Hall–Kier alpha value is -2.09. The van der Waals surface area contributed by atoms with Gasteiger partial charge in [-0.15, -0.1) is 0 Å². The lowest BCUT2D eigenvalue weighted by Crippen LogP contribution is -2.05. The molecule has 0 spiro atoms. The van der Waals surface area contributed by atoms with E-state index in [1.807, 2.05) is 18.2 Å². The van der Waals surface area contributed by atoms with E-state index < -0.39 is 0 Å². The number of aryl methyl sites for hydroxylation is 2. The maximum absolute atomic E-state index is 11.1. The lowest BCUT2D eigenvalue weighted by atomic mass is 9.95. The van der Waals surface area contributed by atoms with Gasteiger partial charge in [0.25, 0.3) is 0 Å². The minimum Gasteiger partial charge on any atom is -0.326 e. The smallest absolute Gasteiger partial charge is 0.221 e. The summed E-state index contributed by atoms with van der Waals surface area (Å²) >= 11 is 0. The van der Waals surface area contributed by atoms with Crippen molar-refractivity contribution >= 4 is 11.6 Å². The van der Waals surface area contributed by atoms with E-state index in [0.717, 1.165) is 11.3 Å². The van der Waals surface area contributed by atoms with Crippen molar-refractivity contribution in [3.8, 4) is 11.1 Å². The van der Waals surface area contributed by atoms with Crippen molar-refractivity contribution in [1.29, 1.82) is 0 Å². The molecular formula is C16H17NO. The summed E-state index contributed by atoms with van der Waals surface area (Å²) in [4.78, 5) is 11.1. The Morgan fingerprint density at radius 2 is 1.61 bits per heavy atom. The number of nitrogens with one attached hydrogen (secondary N) is 1. The fourth-order valence-electron chi connectivity index (χ4n) is 2.23. The van der Waals surface area contributed by atoms with Crippen LogP contribution in [0.4, 0.5) is 5.69 Å². The van der Waals surface area contributed by atoms with Crippen LogP contribution in [0.2, 0.25) is 0 Å². The molecule has 1 amide bonds. The van der Waals surface area contributed by atoms with Gasteiger partial charge < -0.3 is 5.32 Å². The molecule has 92 valence electrons. The van der Waals surface area contributed by atoms with Crippen LogP contribution in [0.1, 0.15) is 18.1 Å². The van der Waals surface area contributed by atoms with Gasteiger partial charge >= 0.3 is 0 Å². The van der Waals surface area contributed by atoms with E-state index in [1.54, 1.807) is 0 Å². The van der Waals surface area contributed by atoms with E-state index in [-0.39, 0.29) is 5.91 Å². The van der Waals surface area contributed by atoms with Crippen molar-refractivity contribution in [3.63, 3.8) is 0 Å². The van der Waals surface area contributed by atoms with Gasteiger partial charge in [0.15, 0.2) is 0 Å². The van der Waals surface area contributed by atoms with Gasteiger partial charge in [-0.25, -0.2) is 0 Å². The zero-order valence-corrected chi connectivity index (χ0v) is 10.9. The minimum absolute atomic E-state index is 0.0475. The highest BCUT2D eigenvalue weighted by Gasteiger charge is 2.06. The Morgan fingerprint density at radius 1 is 1.00 bits per heavy atom. The van der Waals surface area contributed by atoms with Gasteiger partial charge in [0, 0.05) is 12.6 Å². The lowest BCUT2D eigenvalue weighted by Gasteiger charge is -2.11. The summed E-state index contributed by atoms with van der Waals surface area (Å²) in [6, 6.07) is 14.2. The average Bonchev–Trinajstić information content (AvgIpc) is 2.28. The summed E-state index contributed by atoms with van der Waals surface area (Å²) in [5.41, 5.74) is 5.70. The number of rotatable bonds is 2. The first-order chi connectivity index (χ1) is 8.58. The molecule has 0 fully saturated rings. The molecule has 2 rings (SSSR count). The maximum atomic E-state index is 11.1. The van der Waals surface area contributed by atoms with E-state index >= 15 is 0 Å². The van der Waals surface area contributed by atoms with Crippen LogP contribution in [0, 0.1) is 13.8 Å². The number of anilines is 1. The molecule has 0 saturated heterocycles. The normalized spacial score (nSPS) is 10.2. The topological polar surface area (TPSA) is 29.1 Å². The molecule has 0 heterocycles. The number of hydrogen-bond donors (Lipinski definition) is 1. The predicted octanol–water partition coefficient (Wildman–Crippen LogP) is 3.93. The number of hydrogen-bond acceptors (Lipinski definition) is 1. The van der Waals surface area contributed by atoms with Crippen LogP contribution >= 0.6 is 0 Å². The fourth-order valence-corrected chi connectivity index (χ4v) is 2.23. The summed E-state index contributed by atoms with van der Waals surface area (Å²) in [7, 11) is 0. The minimum atomic E-state index is -0.0475. The molecule has 0 aliphatic heterocycles. The van der Waals surface area contributed by atoms with Crippen LogP contribution in [-0.2, 0) is 4.79 Å². The second-order valence-corrected chi connectivity index (χ2v) is 4.53. The fraction of sp³-hybridized carbons (Fsp3) is 0.188. The third-order valence-electron chi connectivity index (χ3n) is 2.95. The Morgan fingerprint density at radius 3 is 2.22 bits per heavy atom. The van der Waals surface area contributed by atoms with Crippen molar-refractivity contribution in [2.45, 2.75) is 20.8 Å². The first-order valence-electron chi connectivity index (χ1n) is 6.02. The van der Waals surface area contributed by atoms with Crippen molar-refractivity contribution in [2.75, 3.05) is 5.32 Å². The standard InChI is InChI=1S/C16H17NO/c1-11-6-4-7-12(2)16(11)14-8-5-9-15(10-14)17-13(3)18/h4-10H,1-3H3,(H,17,18). The van der Waals surface area contributed by atoms with Gasteiger partial charge in [0.2, 0.25) is 5.91 Å². The van der Waals surface area contributed by atoms with Crippen molar-refractivity contribution in [1.82, 2.24) is 0 Å². The largest absolute Gasteiger partial charge is 0.326 e. The second-order valence-electron chi connectivity index (χ2n) is 4.53. The summed E-state index contributed by atoms with van der Waals surface area (Å²) < 4.78 is 0. The molecular weight excluding hydrogens is 222 g/mol. The summed E-state index contributed by atoms with van der Waals surface area (Å²) in [5.74, 6) is -0.0475. The Labute approximate surface area is 108 Å². The Kier molecular flexibility index (Phi) is 3.47. The molecule has 18 heavy (non-hydrogen) atoms. The van der Waals surface area contributed by atoms with Crippen molar-refractivity contribution in [2.24, 2.45) is 0 Å². The molecule has 2 aromatic carbocycles. The molecule has 2 heteroatoms. The molecule has 0 atom stereocenters. The molecule has 0 unspecified atom stereocenters. The zero-order chi connectivity index (χ0) is 13.1. The molecule has 2 nitrogen and oxygen atoms in total. The van der Waals surface area contributed by atoms with Crippen LogP contribution < -0.4 is 5.32 Å². The Bertz CT molecular complexity index is 567. The first kappa shape index (κ1) is 12.4. The number of carbonyl (C=O) groups is 1. The molecule has 0 radical (unpaired) electrons. The zero-order valence-electron chi connectivity index (χ0n) is 10.9. The average molecular weight is 239 g/mol. The third kappa shape index (κ3) is 2.59. The second kappa shape index (κ2) is 5.05. The molecule has 2 aromatic rings. The van der Waals surface area contributed by atoms with Gasteiger partial charge in [-0.05, 0) is 48.2 Å². The highest BCUT2D eigenvalue weighted by Crippen LogP contribution is 2.28. The van der Waals surface area contributed by atoms with Crippen LogP contribution in [0.15, 0.2) is 42.5 Å². The van der Waals surface area contributed by atoms with E-state index in [1.165, 1.54) is 23.6 Å². The van der Waals surface area contributed by atoms with Gasteiger partial charge in [-0.1, -0.05) is 30.3 Å². The van der Waals surface area contributed by atoms with Crippen LogP contribution in [0.25, 0.3) is 11.1 Å². The summed E-state index contributed by atoms with van der Waals surface area (Å²) in [6.45, 7) is 5.73. The molecule has 0 saturated carbocycles.